The molecule has 0 radical (unpaired) electrons. The van der Waals surface area contributed by atoms with E-state index in [-0.39, 0.29) is 5.56 Å². The SMILES string of the molecule is Cc1c(O)nc([N+](=O)[O-])[nH]c1=O. The van der Waals surface area contributed by atoms with Crippen LogP contribution in [0.25, 0.3) is 0 Å². The summed E-state index contributed by atoms with van der Waals surface area (Å²) in [7, 11) is 0. The fourth-order valence-electron chi connectivity index (χ4n) is 0.595. The van der Waals surface area contributed by atoms with Crippen LogP contribution >= 0.6 is 0 Å². The van der Waals surface area contributed by atoms with Gasteiger partial charge in [0.25, 0.3) is 0 Å². The number of nitrogens with zero attached hydrogens (tertiary/aromatic N) is 2. The zero-order valence-electron chi connectivity index (χ0n) is 6.07. The Bertz CT molecular complexity index is 383. The Morgan fingerprint density at radius 2 is 2.25 bits per heavy atom. The Hall–Kier alpha value is -1.92. The van der Waals surface area contributed by atoms with E-state index >= 15 is 0 Å². The van der Waals surface area contributed by atoms with Crippen LogP contribution in [0.5, 0.6) is 5.88 Å². The summed E-state index contributed by atoms with van der Waals surface area (Å²) in [6, 6.07) is 0. The summed E-state index contributed by atoms with van der Waals surface area (Å²) in [5.74, 6) is -1.38. The van der Waals surface area contributed by atoms with E-state index < -0.39 is 22.3 Å². The smallest absolute Gasteiger partial charge is 0.438 e. The number of aromatic hydroxyl groups is 1. The van der Waals surface area contributed by atoms with Gasteiger partial charge in [0.05, 0.1) is 0 Å². The lowest BCUT2D eigenvalue weighted by atomic mass is 10.4. The van der Waals surface area contributed by atoms with E-state index in [0.29, 0.717) is 0 Å². The number of H-pyrrole nitrogens is 1. The first-order chi connectivity index (χ1) is 5.52. The first kappa shape index (κ1) is 8.18. The van der Waals surface area contributed by atoms with Crippen LogP contribution in [0.1, 0.15) is 5.56 Å². The van der Waals surface area contributed by atoms with Crippen molar-refractivity contribution < 1.29 is 10.0 Å². The second kappa shape index (κ2) is 2.61. The minimum atomic E-state index is -0.888. The molecule has 0 fully saturated rings. The van der Waals surface area contributed by atoms with Crippen molar-refractivity contribution in [1.29, 1.82) is 0 Å². The Morgan fingerprint density at radius 1 is 1.67 bits per heavy atom. The molecule has 0 aliphatic rings. The number of aromatic nitrogens is 2. The number of aromatic amines is 1. The van der Waals surface area contributed by atoms with E-state index in [1.54, 1.807) is 0 Å². The summed E-state index contributed by atoms with van der Waals surface area (Å²) in [4.78, 5) is 25.0. The highest BCUT2D eigenvalue weighted by molar-refractivity contribution is 5.23. The maximum atomic E-state index is 10.8. The summed E-state index contributed by atoms with van der Waals surface area (Å²) < 4.78 is 0. The van der Waals surface area contributed by atoms with Gasteiger partial charge in [0.1, 0.15) is 5.56 Å². The van der Waals surface area contributed by atoms with E-state index in [4.69, 9.17) is 5.11 Å². The van der Waals surface area contributed by atoms with Gasteiger partial charge in [-0.25, -0.2) is 4.98 Å². The van der Waals surface area contributed by atoms with Crippen molar-refractivity contribution in [2.45, 2.75) is 6.92 Å². The van der Waals surface area contributed by atoms with Crippen LogP contribution in [-0.2, 0) is 0 Å². The predicted octanol–water partition coefficient (Wildman–Crippen LogP) is -0.308. The third kappa shape index (κ3) is 1.24. The minimum Gasteiger partial charge on any atom is -0.481 e. The second-order valence-corrected chi connectivity index (χ2v) is 2.10. The molecule has 0 spiro atoms. The zero-order chi connectivity index (χ0) is 9.30. The lowest BCUT2D eigenvalue weighted by Crippen LogP contribution is -2.13. The Labute approximate surface area is 65.8 Å². The van der Waals surface area contributed by atoms with Crippen molar-refractivity contribution >= 4 is 5.95 Å². The summed E-state index contributed by atoms with van der Waals surface area (Å²) >= 11 is 0. The first-order valence-electron chi connectivity index (χ1n) is 2.96. The fourth-order valence-corrected chi connectivity index (χ4v) is 0.595. The average Bonchev–Trinajstić information content (AvgIpc) is 1.99. The van der Waals surface area contributed by atoms with Crippen molar-refractivity contribution in [1.82, 2.24) is 9.97 Å². The van der Waals surface area contributed by atoms with Gasteiger partial charge in [-0.15, -0.1) is 0 Å². The van der Waals surface area contributed by atoms with Gasteiger partial charge in [-0.2, -0.15) is 0 Å². The van der Waals surface area contributed by atoms with Crippen LogP contribution in [0.2, 0.25) is 0 Å². The van der Waals surface area contributed by atoms with Crippen LogP contribution in [-0.4, -0.2) is 20.0 Å². The molecule has 2 N–H and O–H groups in total. The molecule has 0 aliphatic heterocycles. The maximum Gasteiger partial charge on any atom is 0.438 e. The molecule has 0 saturated heterocycles. The Morgan fingerprint density at radius 3 is 2.67 bits per heavy atom. The topological polar surface area (TPSA) is 109 Å². The molecule has 1 rings (SSSR count). The molecule has 0 bridgehead atoms. The van der Waals surface area contributed by atoms with Crippen LogP contribution in [0.15, 0.2) is 4.79 Å². The van der Waals surface area contributed by atoms with Crippen molar-refractivity contribution in [2.75, 3.05) is 0 Å². The van der Waals surface area contributed by atoms with Gasteiger partial charge in [-0.05, 0) is 16.8 Å². The molecule has 1 aromatic rings. The van der Waals surface area contributed by atoms with E-state index in [1.807, 2.05) is 4.98 Å². The van der Waals surface area contributed by atoms with Gasteiger partial charge in [0.15, 0.2) is 0 Å². The van der Waals surface area contributed by atoms with E-state index in [1.165, 1.54) is 6.92 Å². The van der Waals surface area contributed by atoms with Crippen molar-refractivity contribution in [3.8, 4) is 5.88 Å². The highest BCUT2D eigenvalue weighted by atomic mass is 16.6. The number of hydrogen-bond acceptors (Lipinski definition) is 5. The molecule has 0 aromatic carbocycles. The summed E-state index contributed by atoms with van der Waals surface area (Å²) in [5, 5.41) is 19.0. The number of nitro groups is 1. The van der Waals surface area contributed by atoms with Crippen molar-refractivity contribution in [3.05, 3.63) is 26.0 Å². The number of hydrogen-bond donors (Lipinski definition) is 2. The fraction of sp³-hybridized carbons (Fsp3) is 0.200. The van der Waals surface area contributed by atoms with Gasteiger partial charge in [0, 0.05) is 0 Å². The average molecular weight is 171 g/mol. The molecule has 0 aliphatic carbocycles. The van der Waals surface area contributed by atoms with Crippen LogP contribution in [0.4, 0.5) is 5.95 Å². The first-order valence-corrected chi connectivity index (χ1v) is 2.96. The molecule has 1 aromatic heterocycles. The highest BCUT2D eigenvalue weighted by Gasteiger charge is 2.14. The molecule has 0 amide bonds. The number of rotatable bonds is 1. The van der Waals surface area contributed by atoms with E-state index in [2.05, 4.69) is 4.98 Å². The van der Waals surface area contributed by atoms with Crippen LogP contribution < -0.4 is 5.56 Å². The summed E-state index contributed by atoms with van der Waals surface area (Å²) in [6.45, 7) is 1.31. The van der Waals surface area contributed by atoms with Crippen molar-refractivity contribution in [2.24, 2.45) is 0 Å². The second-order valence-electron chi connectivity index (χ2n) is 2.10. The predicted molar refractivity (Wildman–Crippen MR) is 37.9 cm³/mol. The van der Waals surface area contributed by atoms with Gasteiger partial charge < -0.3 is 15.2 Å². The molecule has 12 heavy (non-hydrogen) atoms. The molecular formula is C5H5N3O4. The molecule has 64 valence electrons. The Balaban J connectivity index is 3.41. The molecular weight excluding hydrogens is 166 g/mol. The molecule has 0 saturated carbocycles. The van der Waals surface area contributed by atoms with Gasteiger partial charge in [-0.1, -0.05) is 0 Å². The standard InChI is InChI=1S/C5H5N3O4/c1-2-3(9)6-5(8(11)12)7-4(2)10/h1H3,(H2,6,7,9,10). The Kier molecular flexibility index (Phi) is 1.78. The molecule has 0 atom stereocenters. The third-order valence-electron chi connectivity index (χ3n) is 1.29. The quantitative estimate of drug-likeness (QED) is 0.445. The lowest BCUT2D eigenvalue weighted by Gasteiger charge is -1.93. The molecule has 1 heterocycles. The highest BCUT2D eigenvalue weighted by Crippen LogP contribution is 2.09. The lowest BCUT2D eigenvalue weighted by molar-refractivity contribution is -0.394. The maximum absolute atomic E-state index is 10.8. The third-order valence-corrected chi connectivity index (χ3v) is 1.29. The van der Waals surface area contributed by atoms with Crippen LogP contribution in [0, 0.1) is 17.0 Å². The zero-order valence-corrected chi connectivity index (χ0v) is 6.07. The monoisotopic (exact) mass is 171 g/mol. The number of nitrogens with one attached hydrogen (secondary N) is 1. The van der Waals surface area contributed by atoms with Gasteiger partial charge in [-0.3, -0.25) is 4.79 Å². The van der Waals surface area contributed by atoms with Gasteiger partial charge in [0.2, 0.25) is 0 Å². The van der Waals surface area contributed by atoms with Gasteiger partial charge >= 0.3 is 17.4 Å². The minimum absolute atomic E-state index is 0.0411. The van der Waals surface area contributed by atoms with Crippen molar-refractivity contribution in [3.63, 3.8) is 0 Å². The largest absolute Gasteiger partial charge is 0.481 e. The molecule has 0 unspecified atom stereocenters. The summed E-state index contributed by atoms with van der Waals surface area (Å²) in [5.41, 5.74) is -0.755. The normalized spacial score (nSPS) is 9.75. The molecule has 7 heteroatoms. The summed E-state index contributed by atoms with van der Waals surface area (Å²) in [6.07, 6.45) is 0. The van der Waals surface area contributed by atoms with Crippen LogP contribution in [0.3, 0.4) is 0 Å². The van der Waals surface area contributed by atoms with E-state index in [9.17, 15) is 14.9 Å². The molecule has 7 nitrogen and oxygen atoms in total. The van der Waals surface area contributed by atoms with E-state index in [0.717, 1.165) is 0 Å².